The van der Waals surface area contributed by atoms with Crippen LogP contribution in [0.25, 0.3) is 0 Å². The van der Waals surface area contributed by atoms with Crippen molar-refractivity contribution >= 4 is 5.91 Å². The van der Waals surface area contributed by atoms with Crippen molar-refractivity contribution in [2.75, 3.05) is 13.7 Å². The molecule has 2 aromatic carbocycles. The molecule has 0 fully saturated rings. The Morgan fingerprint density at radius 1 is 0.923 bits per heavy atom. The summed E-state index contributed by atoms with van der Waals surface area (Å²) in [7, 11) is 1.57. The van der Waals surface area contributed by atoms with Gasteiger partial charge in [0, 0.05) is 12.4 Å². The third-order valence-electron chi connectivity index (χ3n) is 3.91. The Morgan fingerprint density at radius 2 is 1.54 bits per heavy atom. The Hall–Kier alpha value is -3.34. The van der Waals surface area contributed by atoms with Crippen molar-refractivity contribution in [3.05, 3.63) is 90.3 Å². The van der Waals surface area contributed by atoms with Gasteiger partial charge in [0.1, 0.15) is 0 Å². The Morgan fingerprint density at radius 3 is 2.23 bits per heavy atom. The van der Waals surface area contributed by atoms with E-state index in [1.165, 1.54) is 0 Å². The molecule has 1 heterocycles. The maximum Gasteiger partial charge on any atom is 0.258 e. The zero-order chi connectivity index (χ0) is 18.2. The highest BCUT2D eigenvalue weighted by atomic mass is 16.5. The second-order valence-electron chi connectivity index (χ2n) is 5.63. The number of nitrogens with zero attached hydrogens (tertiary/aromatic N) is 1. The van der Waals surface area contributed by atoms with E-state index in [1.54, 1.807) is 31.6 Å². The summed E-state index contributed by atoms with van der Waals surface area (Å²) in [6, 6.07) is 20.5. The van der Waals surface area contributed by atoms with Crippen LogP contribution >= 0.6 is 0 Å². The fourth-order valence-electron chi connectivity index (χ4n) is 2.64. The maximum atomic E-state index is 12.5. The van der Waals surface area contributed by atoms with Gasteiger partial charge < -0.3 is 14.8 Å². The lowest BCUT2D eigenvalue weighted by Gasteiger charge is -2.20. The molecule has 132 valence electrons. The molecule has 1 atom stereocenters. The summed E-state index contributed by atoms with van der Waals surface area (Å²) in [4.78, 5) is 16.5. The van der Waals surface area contributed by atoms with Crippen LogP contribution in [-0.2, 0) is 4.79 Å². The van der Waals surface area contributed by atoms with E-state index >= 15 is 0 Å². The van der Waals surface area contributed by atoms with Gasteiger partial charge in [-0.3, -0.25) is 9.78 Å². The number of methoxy groups -OCH3 is 1. The van der Waals surface area contributed by atoms with Crippen LogP contribution in [0.3, 0.4) is 0 Å². The maximum absolute atomic E-state index is 12.5. The standard InChI is InChI=1S/C21H20N2O3/c1-25-18-9-5-6-10-19(18)26-15-20(24)23-21(16-7-3-2-4-8-16)17-11-13-22-14-12-17/h2-14,21H,15H2,1H3,(H,23,24). The molecule has 3 rings (SSSR count). The van der Waals surface area contributed by atoms with Gasteiger partial charge in [0.25, 0.3) is 5.91 Å². The highest BCUT2D eigenvalue weighted by Crippen LogP contribution is 2.26. The summed E-state index contributed by atoms with van der Waals surface area (Å²) < 4.78 is 10.8. The molecule has 0 aliphatic carbocycles. The molecule has 1 unspecified atom stereocenters. The molecule has 0 aliphatic heterocycles. The Bertz CT molecular complexity index is 799. The summed E-state index contributed by atoms with van der Waals surface area (Å²) >= 11 is 0. The molecule has 0 bridgehead atoms. The fraction of sp³-hybridized carbons (Fsp3) is 0.143. The first-order valence-corrected chi connectivity index (χ1v) is 8.28. The minimum Gasteiger partial charge on any atom is -0.493 e. The molecule has 0 saturated heterocycles. The van der Waals surface area contributed by atoms with Crippen molar-refractivity contribution in [1.29, 1.82) is 0 Å². The number of aromatic nitrogens is 1. The first kappa shape index (κ1) is 17.5. The van der Waals surface area contributed by atoms with E-state index in [9.17, 15) is 4.79 Å². The summed E-state index contributed by atoms with van der Waals surface area (Å²) in [5.74, 6) is 0.904. The van der Waals surface area contributed by atoms with Crippen LogP contribution in [0.4, 0.5) is 0 Å². The smallest absolute Gasteiger partial charge is 0.258 e. The Balaban J connectivity index is 1.72. The number of carbonyl (C=O) groups excluding carboxylic acids is 1. The van der Waals surface area contributed by atoms with Crippen molar-refractivity contribution in [1.82, 2.24) is 10.3 Å². The Labute approximate surface area is 152 Å². The number of para-hydroxylation sites is 2. The second kappa shape index (κ2) is 8.67. The van der Waals surface area contributed by atoms with Gasteiger partial charge in [-0.15, -0.1) is 0 Å². The summed E-state index contributed by atoms with van der Waals surface area (Å²) in [5.41, 5.74) is 1.95. The SMILES string of the molecule is COc1ccccc1OCC(=O)NC(c1ccccc1)c1ccncc1. The lowest BCUT2D eigenvalue weighted by atomic mass is 10.00. The van der Waals surface area contributed by atoms with Crippen LogP contribution in [-0.4, -0.2) is 24.6 Å². The van der Waals surface area contributed by atoms with Gasteiger partial charge in [-0.05, 0) is 35.4 Å². The van der Waals surface area contributed by atoms with Crippen LogP contribution in [0, 0.1) is 0 Å². The van der Waals surface area contributed by atoms with Gasteiger partial charge in [-0.2, -0.15) is 0 Å². The topological polar surface area (TPSA) is 60.5 Å². The van der Waals surface area contributed by atoms with E-state index in [4.69, 9.17) is 9.47 Å². The van der Waals surface area contributed by atoms with Gasteiger partial charge in [0.15, 0.2) is 18.1 Å². The number of ether oxygens (including phenoxy) is 2. The van der Waals surface area contributed by atoms with Gasteiger partial charge in [-0.25, -0.2) is 0 Å². The first-order chi connectivity index (χ1) is 12.8. The minimum atomic E-state index is -0.270. The monoisotopic (exact) mass is 348 g/mol. The molecule has 1 amide bonds. The average Bonchev–Trinajstić information content (AvgIpc) is 2.72. The molecule has 26 heavy (non-hydrogen) atoms. The molecule has 1 aromatic heterocycles. The number of pyridine rings is 1. The summed E-state index contributed by atoms with van der Waals surface area (Å²) in [6.07, 6.45) is 3.42. The summed E-state index contributed by atoms with van der Waals surface area (Å²) in [5, 5.41) is 3.02. The zero-order valence-corrected chi connectivity index (χ0v) is 14.5. The molecule has 5 heteroatoms. The third-order valence-corrected chi connectivity index (χ3v) is 3.91. The quantitative estimate of drug-likeness (QED) is 0.711. The third kappa shape index (κ3) is 4.39. The molecular weight excluding hydrogens is 328 g/mol. The zero-order valence-electron chi connectivity index (χ0n) is 14.5. The van der Waals surface area contributed by atoms with E-state index < -0.39 is 0 Å². The number of nitrogens with one attached hydrogen (secondary N) is 1. The van der Waals surface area contributed by atoms with E-state index in [0.29, 0.717) is 11.5 Å². The van der Waals surface area contributed by atoms with Crippen molar-refractivity contribution in [2.45, 2.75) is 6.04 Å². The summed E-state index contributed by atoms with van der Waals surface area (Å²) in [6.45, 7) is -0.102. The average molecular weight is 348 g/mol. The predicted octanol–water partition coefficient (Wildman–Crippen LogP) is 3.37. The van der Waals surface area contributed by atoms with E-state index in [1.807, 2.05) is 54.6 Å². The van der Waals surface area contributed by atoms with Gasteiger partial charge in [0.2, 0.25) is 0 Å². The number of rotatable bonds is 7. The number of hydrogen-bond acceptors (Lipinski definition) is 4. The molecule has 0 saturated carbocycles. The van der Waals surface area contributed by atoms with Crippen LogP contribution < -0.4 is 14.8 Å². The second-order valence-corrected chi connectivity index (χ2v) is 5.63. The van der Waals surface area contributed by atoms with Gasteiger partial charge in [-0.1, -0.05) is 42.5 Å². The van der Waals surface area contributed by atoms with E-state index in [0.717, 1.165) is 11.1 Å². The van der Waals surface area contributed by atoms with E-state index in [-0.39, 0.29) is 18.6 Å². The van der Waals surface area contributed by atoms with Crippen LogP contribution in [0.15, 0.2) is 79.1 Å². The number of hydrogen-bond donors (Lipinski definition) is 1. The predicted molar refractivity (Wildman–Crippen MR) is 99.2 cm³/mol. The molecular formula is C21H20N2O3. The largest absolute Gasteiger partial charge is 0.493 e. The van der Waals surface area contributed by atoms with Crippen molar-refractivity contribution in [3.8, 4) is 11.5 Å². The lowest BCUT2D eigenvalue weighted by Crippen LogP contribution is -2.33. The fourth-order valence-corrected chi connectivity index (χ4v) is 2.64. The van der Waals surface area contributed by atoms with Crippen LogP contribution in [0.5, 0.6) is 11.5 Å². The van der Waals surface area contributed by atoms with Crippen molar-refractivity contribution in [2.24, 2.45) is 0 Å². The van der Waals surface area contributed by atoms with Crippen LogP contribution in [0.1, 0.15) is 17.2 Å². The Kier molecular flexibility index (Phi) is 5.83. The molecule has 0 aliphatic rings. The first-order valence-electron chi connectivity index (χ1n) is 8.28. The number of amides is 1. The van der Waals surface area contributed by atoms with Crippen molar-refractivity contribution < 1.29 is 14.3 Å². The van der Waals surface area contributed by atoms with Crippen LogP contribution in [0.2, 0.25) is 0 Å². The van der Waals surface area contributed by atoms with Gasteiger partial charge in [0.05, 0.1) is 13.2 Å². The van der Waals surface area contributed by atoms with Crippen molar-refractivity contribution in [3.63, 3.8) is 0 Å². The normalized spacial score (nSPS) is 11.4. The molecule has 5 nitrogen and oxygen atoms in total. The highest BCUT2D eigenvalue weighted by molar-refractivity contribution is 5.78. The number of carbonyl (C=O) groups is 1. The molecule has 0 radical (unpaired) electrons. The lowest BCUT2D eigenvalue weighted by molar-refractivity contribution is -0.123. The molecule has 3 aromatic rings. The molecule has 1 N–H and O–H groups in total. The van der Waals surface area contributed by atoms with E-state index in [2.05, 4.69) is 10.3 Å². The highest BCUT2D eigenvalue weighted by Gasteiger charge is 2.17. The number of benzene rings is 2. The van der Waals surface area contributed by atoms with Gasteiger partial charge >= 0.3 is 0 Å². The minimum absolute atomic E-state index is 0.102. The molecule has 0 spiro atoms.